The molecule has 1 saturated carbocycles. The Balaban J connectivity index is 1.26. The second kappa shape index (κ2) is 9.07. The topological polar surface area (TPSA) is 23.6 Å². The van der Waals surface area contributed by atoms with Crippen molar-refractivity contribution in [1.82, 2.24) is 9.80 Å². The number of carbonyl (C=O) groups is 1. The number of ketones is 1. The molecular weight excluding hydrogens is 392 g/mol. The summed E-state index contributed by atoms with van der Waals surface area (Å²) < 4.78 is 0. The average molecular weight is 427 g/mol. The van der Waals surface area contributed by atoms with Gasteiger partial charge in [0, 0.05) is 30.8 Å². The molecule has 2 heterocycles. The molecule has 3 nitrogen and oxygen atoms in total. The lowest BCUT2D eigenvalue weighted by molar-refractivity contribution is -0.123. The summed E-state index contributed by atoms with van der Waals surface area (Å²) in [5.74, 6) is 0.917. The minimum absolute atomic E-state index is 0.0340. The standard InChI is InChI=1S/C29H34N2O/c1-21-10-13-28(29(32)17-21)31-20-26-18-25(11-12-27(26)22(31)2)24-9-6-15-30(16-14-24)19-23-7-4-3-5-8-23/h3-5,7-8,11-12,18,24,28H,1-2,6,9-10,13-17,19-20H2. The Bertz CT molecular complexity index is 1020. The summed E-state index contributed by atoms with van der Waals surface area (Å²) in [6.45, 7) is 12.6. The summed E-state index contributed by atoms with van der Waals surface area (Å²) in [6, 6.07) is 17.8. The van der Waals surface area contributed by atoms with Crippen LogP contribution in [0.25, 0.3) is 5.70 Å². The highest BCUT2D eigenvalue weighted by Gasteiger charge is 2.35. The van der Waals surface area contributed by atoms with Crippen molar-refractivity contribution in [2.75, 3.05) is 13.1 Å². The van der Waals surface area contributed by atoms with E-state index in [4.69, 9.17) is 0 Å². The Morgan fingerprint density at radius 2 is 1.81 bits per heavy atom. The lowest BCUT2D eigenvalue weighted by Crippen LogP contribution is -2.39. The molecule has 32 heavy (non-hydrogen) atoms. The Morgan fingerprint density at radius 1 is 0.969 bits per heavy atom. The van der Waals surface area contributed by atoms with Crippen LogP contribution in [0.2, 0.25) is 0 Å². The molecule has 0 bridgehead atoms. The summed E-state index contributed by atoms with van der Waals surface area (Å²) in [5.41, 5.74) is 7.53. The van der Waals surface area contributed by atoms with Gasteiger partial charge in [0.1, 0.15) is 0 Å². The molecule has 2 fully saturated rings. The zero-order chi connectivity index (χ0) is 22.1. The van der Waals surface area contributed by atoms with Crippen LogP contribution in [-0.2, 0) is 17.9 Å². The smallest absolute Gasteiger partial charge is 0.159 e. The van der Waals surface area contributed by atoms with Crippen molar-refractivity contribution in [3.8, 4) is 0 Å². The van der Waals surface area contributed by atoms with Gasteiger partial charge < -0.3 is 4.90 Å². The number of allylic oxidation sites excluding steroid dienone is 1. The first-order chi connectivity index (χ1) is 15.6. The number of fused-ring (bicyclic) bond motifs is 1. The number of carbonyl (C=O) groups excluding carboxylic acids is 1. The van der Waals surface area contributed by atoms with Gasteiger partial charge in [-0.3, -0.25) is 9.69 Å². The SMILES string of the molecule is C=C1CCC(N2Cc3cc(C4CCCN(Cc5ccccc5)CC4)ccc3C2=C)C(=O)C1. The van der Waals surface area contributed by atoms with E-state index in [9.17, 15) is 4.79 Å². The van der Waals surface area contributed by atoms with E-state index in [0.717, 1.165) is 43.7 Å². The monoisotopic (exact) mass is 426 g/mol. The molecule has 5 rings (SSSR count). The van der Waals surface area contributed by atoms with Crippen LogP contribution in [-0.4, -0.2) is 34.7 Å². The van der Waals surface area contributed by atoms with Gasteiger partial charge in [-0.25, -0.2) is 0 Å². The van der Waals surface area contributed by atoms with Gasteiger partial charge in [0.15, 0.2) is 5.78 Å². The fourth-order valence-electron chi connectivity index (χ4n) is 5.78. The van der Waals surface area contributed by atoms with Gasteiger partial charge in [-0.1, -0.05) is 67.3 Å². The zero-order valence-corrected chi connectivity index (χ0v) is 19.1. The third kappa shape index (κ3) is 4.31. The molecule has 2 aliphatic heterocycles. The first-order valence-corrected chi connectivity index (χ1v) is 12.1. The summed E-state index contributed by atoms with van der Waals surface area (Å²) in [7, 11) is 0. The number of hydrogen-bond acceptors (Lipinski definition) is 3. The van der Waals surface area contributed by atoms with Crippen molar-refractivity contribution in [3.63, 3.8) is 0 Å². The van der Waals surface area contributed by atoms with Gasteiger partial charge >= 0.3 is 0 Å². The number of nitrogens with zero attached hydrogens (tertiary/aromatic N) is 2. The summed E-state index contributed by atoms with van der Waals surface area (Å²) in [6.07, 6.45) is 6.05. The van der Waals surface area contributed by atoms with Crippen LogP contribution in [0.4, 0.5) is 0 Å². The minimum atomic E-state index is -0.0340. The highest BCUT2D eigenvalue weighted by atomic mass is 16.1. The molecule has 166 valence electrons. The third-order valence-electron chi connectivity index (χ3n) is 7.61. The molecule has 2 aromatic rings. The quantitative estimate of drug-likeness (QED) is 0.567. The highest BCUT2D eigenvalue weighted by Crippen LogP contribution is 2.39. The van der Waals surface area contributed by atoms with E-state index in [-0.39, 0.29) is 6.04 Å². The van der Waals surface area contributed by atoms with Crippen LogP contribution in [0.15, 0.2) is 67.3 Å². The molecule has 1 saturated heterocycles. The molecule has 1 aliphatic carbocycles. The normalized spacial score (nSPS) is 24.5. The predicted octanol–water partition coefficient (Wildman–Crippen LogP) is 5.92. The van der Waals surface area contributed by atoms with Gasteiger partial charge in [-0.05, 0) is 67.8 Å². The Labute approximate surface area is 192 Å². The first-order valence-electron chi connectivity index (χ1n) is 12.1. The minimum Gasteiger partial charge on any atom is -0.357 e. The molecule has 0 N–H and O–H groups in total. The maximum atomic E-state index is 12.7. The van der Waals surface area contributed by atoms with Crippen molar-refractivity contribution in [1.29, 1.82) is 0 Å². The largest absolute Gasteiger partial charge is 0.357 e. The second-order valence-electron chi connectivity index (χ2n) is 9.83. The van der Waals surface area contributed by atoms with Crippen molar-refractivity contribution in [3.05, 3.63) is 89.5 Å². The number of Topliss-reactive ketones (excluding diaryl/α,β-unsaturated/α-hetero) is 1. The fourth-order valence-corrected chi connectivity index (χ4v) is 5.78. The van der Waals surface area contributed by atoms with Crippen molar-refractivity contribution < 1.29 is 4.79 Å². The van der Waals surface area contributed by atoms with E-state index in [1.807, 2.05) is 0 Å². The van der Waals surface area contributed by atoms with Crippen LogP contribution in [0.1, 0.15) is 66.7 Å². The zero-order valence-electron chi connectivity index (χ0n) is 19.1. The summed E-state index contributed by atoms with van der Waals surface area (Å²) in [5, 5.41) is 0. The molecule has 0 aromatic heterocycles. The van der Waals surface area contributed by atoms with E-state index >= 15 is 0 Å². The first kappa shape index (κ1) is 21.2. The lowest BCUT2D eigenvalue weighted by atomic mass is 9.89. The number of likely N-dealkylation sites (tertiary alicyclic amines) is 1. The van der Waals surface area contributed by atoms with Crippen LogP contribution in [0.5, 0.6) is 0 Å². The van der Waals surface area contributed by atoms with Crippen molar-refractivity contribution in [2.45, 2.75) is 63.6 Å². The maximum absolute atomic E-state index is 12.7. The average Bonchev–Trinajstić information content (AvgIpc) is 2.95. The van der Waals surface area contributed by atoms with Gasteiger partial charge in [0.2, 0.25) is 0 Å². The second-order valence-corrected chi connectivity index (χ2v) is 9.83. The highest BCUT2D eigenvalue weighted by molar-refractivity contribution is 5.89. The fraction of sp³-hybridized carbons (Fsp3) is 0.414. The van der Waals surface area contributed by atoms with Gasteiger partial charge in [0.05, 0.1) is 6.04 Å². The third-order valence-corrected chi connectivity index (χ3v) is 7.61. The lowest BCUT2D eigenvalue weighted by Gasteiger charge is -2.32. The van der Waals surface area contributed by atoms with Crippen molar-refractivity contribution >= 4 is 11.5 Å². The number of hydrogen-bond donors (Lipinski definition) is 0. The molecule has 0 radical (unpaired) electrons. The molecule has 3 aliphatic rings. The maximum Gasteiger partial charge on any atom is 0.159 e. The van der Waals surface area contributed by atoms with Crippen molar-refractivity contribution in [2.24, 2.45) is 0 Å². The van der Waals surface area contributed by atoms with E-state index in [1.54, 1.807) is 0 Å². The van der Waals surface area contributed by atoms with Crippen LogP contribution in [0.3, 0.4) is 0 Å². The predicted molar refractivity (Wildman–Crippen MR) is 131 cm³/mol. The molecule has 2 aromatic carbocycles. The molecule has 3 heteroatoms. The molecular formula is C29H34N2O. The van der Waals surface area contributed by atoms with Crippen LogP contribution >= 0.6 is 0 Å². The van der Waals surface area contributed by atoms with Gasteiger partial charge in [-0.15, -0.1) is 0 Å². The van der Waals surface area contributed by atoms with E-state index in [0.29, 0.717) is 18.1 Å². The van der Waals surface area contributed by atoms with Gasteiger partial charge in [-0.2, -0.15) is 0 Å². The van der Waals surface area contributed by atoms with E-state index < -0.39 is 0 Å². The summed E-state index contributed by atoms with van der Waals surface area (Å²) in [4.78, 5) is 17.5. The Hall–Kier alpha value is -2.65. The Kier molecular flexibility index (Phi) is 6.01. The Morgan fingerprint density at radius 3 is 2.62 bits per heavy atom. The van der Waals surface area contributed by atoms with Crippen LogP contribution in [0, 0.1) is 0 Å². The van der Waals surface area contributed by atoms with Crippen LogP contribution < -0.4 is 0 Å². The number of rotatable bonds is 4. The molecule has 2 atom stereocenters. The van der Waals surface area contributed by atoms with Gasteiger partial charge in [0.25, 0.3) is 0 Å². The van der Waals surface area contributed by atoms with E-state index in [1.165, 1.54) is 48.1 Å². The molecule has 0 amide bonds. The number of benzene rings is 2. The molecule has 2 unspecified atom stereocenters. The molecule has 0 spiro atoms. The van der Waals surface area contributed by atoms with E-state index in [2.05, 4.69) is 71.5 Å². The summed E-state index contributed by atoms with van der Waals surface area (Å²) >= 11 is 0.